The molecule has 3 aliphatic rings. The SMILES string of the molecule is NC1=N[C@@]2(c3cc(NC(=O)C4CCCO4)ccc3F)CCCC[C@H]2CS1. The first-order valence-electron chi connectivity index (χ1n) is 9.29. The average molecular weight is 377 g/mol. The number of carbonyl (C=O) groups is 1. The predicted molar refractivity (Wildman–Crippen MR) is 102 cm³/mol. The summed E-state index contributed by atoms with van der Waals surface area (Å²) in [6, 6.07) is 4.77. The Hall–Kier alpha value is -1.60. The zero-order chi connectivity index (χ0) is 18.1. The van der Waals surface area contributed by atoms with Crippen molar-refractivity contribution in [1.29, 1.82) is 0 Å². The van der Waals surface area contributed by atoms with Crippen molar-refractivity contribution in [2.45, 2.75) is 50.2 Å². The first-order chi connectivity index (χ1) is 12.6. The molecule has 0 spiro atoms. The molecule has 2 fully saturated rings. The molecule has 3 atom stereocenters. The molecule has 3 N–H and O–H groups in total. The smallest absolute Gasteiger partial charge is 0.253 e. The molecule has 1 saturated carbocycles. The molecule has 0 bridgehead atoms. The van der Waals surface area contributed by atoms with E-state index in [4.69, 9.17) is 15.5 Å². The van der Waals surface area contributed by atoms with Gasteiger partial charge < -0.3 is 15.8 Å². The van der Waals surface area contributed by atoms with E-state index in [0.29, 0.717) is 23.0 Å². The van der Waals surface area contributed by atoms with Crippen LogP contribution in [0.2, 0.25) is 0 Å². The van der Waals surface area contributed by atoms with Gasteiger partial charge >= 0.3 is 0 Å². The van der Waals surface area contributed by atoms with Gasteiger partial charge in [-0.3, -0.25) is 9.79 Å². The summed E-state index contributed by atoms with van der Waals surface area (Å²) in [5, 5.41) is 3.40. The van der Waals surface area contributed by atoms with Crippen molar-refractivity contribution in [3.8, 4) is 0 Å². The van der Waals surface area contributed by atoms with Crippen molar-refractivity contribution >= 4 is 28.5 Å². The van der Waals surface area contributed by atoms with Gasteiger partial charge in [0.1, 0.15) is 11.9 Å². The molecule has 2 heterocycles. The average Bonchev–Trinajstić information content (AvgIpc) is 3.18. The van der Waals surface area contributed by atoms with Crippen LogP contribution >= 0.6 is 11.8 Å². The molecular formula is C19H24FN3O2S. The lowest BCUT2D eigenvalue weighted by Crippen LogP contribution is -2.43. The van der Waals surface area contributed by atoms with Gasteiger partial charge in [-0.1, -0.05) is 24.6 Å². The van der Waals surface area contributed by atoms with Crippen LogP contribution in [0.25, 0.3) is 0 Å². The van der Waals surface area contributed by atoms with Crippen molar-refractivity contribution in [3.05, 3.63) is 29.6 Å². The first-order valence-corrected chi connectivity index (χ1v) is 10.3. The van der Waals surface area contributed by atoms with Crippen LogP contribution in [0.5, 0.6) is 0 Å². The second kappa shape index (κ2) is 7.19. The zero-order valence-electron chi connectivity index (χ0n) is 14.7. The minimum absolute atomic E-state index is 0.167. The van der Waals surface area contributed by atoms with Gasteiger partial charge in [0.25, 0.3) is 5.91 Å². The lowest BCUT2D eigenvalue weighted by molar-refractivity contribution is -0.124. The molecule has 2 aliphatic heterocycles. The molecule has 1 aliphatic carbocycles. The number of nitrogens with zero attached hydrogens (tertiary/aromatic N) is 1. The van der Waals surface area contributed by atoms with Crippen LogP contribution in [-0.4, -0.2) is 29.5 Å². The fourth-order valence-electron chi connectivity index (χ4n) is 4.37. The monoisotopic (exact) mass is 377 g/mol. The number of nitrogens with one attached hydrogen (secondary N) is 1. The van der Waals surface area contributed by atoms with Crippen molar-refractivity contribution in [1.82, 2.24) is 0 Å². The van der Waals surface area contributed by atoms with E-state index in [9.17, 15) is 9.18 Å². The summed E-state index contributed by atoms with van der Waals surface area (Å²) in [5.74, 6) is 0.684. The molecule has 5 nitrogen and oxygen atoms in total. The lowest BCUT2D eigenvalue weighted by Gasteiger charge is -2.44. The number of fused-ring (bicyclic) bond motifs is 1. The topological polar surface area (TPSA) is 76.7 Å². The Morgan fingerprint density at radius 2 is 2.23 bits per heavy atom. The Morgan fingerprint density at radius 3 is 3.04 bits per heavy atom. The molecule has 1 aromatic carbocycles. The third-order valence-electron chi connectivity index (χ3n) is 5.70. The van der Waals surface area contributed by atoms with E-state index >= 15 is 0 Å². The molecule has 7 heteroatoms. The van der Waals surface area contributed by atoms with Crippen LogP contribution in [0.3, 0.4) is 0 Å². The highest BCUT2D eigenvalue weighted by atomic mass is 32.2. The van der Waals surface area contributed by atoms with E-state index in [1.807, 2.05) is 0 Å². The van der Waals surface area contributed by atoms with Gasteiger partial charge in [-0.25, -0.2) is 4.39 Å². The highest BCUT2D eigenvalue weighted by Gasteiger charge is 2.46. The number of benzene rings is 1. The summed E-state index contributed by atoms with van der Waals surface area (Å²) in [6.07, 6.45) is 5.16. The van der Waals surface area contributed by atoms with Gasteiger partial charge in [-0.2, -0.15) is 0 Å². The van der Waals surface area contributed by atoms with E-state index in [1.165, 1.54) is 6.07 Å². The number of amides is 1. The number of aliphatic imine (C=N–C) groups is 1. The molecule has 1 aromatic rings. The number of amidine groups is 1. The number of carbonyl (C=O) groups excluding carboxylic acids is 1. The number of hydrogen-bond acceptors (Lipinski definition) is 5. The summed E-state index contributed by atoms with van der Waals surface area (Å²) < 4.78 is 20.3. The Morgan fingerprint density at radius 1 is 1.35 bits per heavy atom. The van der Waals surface area contributed by atoms with Crippen LogP contribution in [0, 0.1) is 11.7 Å². The van der Waals surface area contributed by atoms with Gasteiger partial charge in [-0.15, -0.1) is 0 Å². The van der Waals surface area contributed by atoms with Gasteiger partial charge in [0.15, 0.2) is 5.17 Å². The first kappa shape index (κ1) is 17.8. The van der Waals surface area contributed by atoms with E-state index < -0.39 is 11.6 Å². The Balaban J connectivity index is 1.66. The van der Waals surface area contributed by atoms with Gasteiger partial charge in [0.2, 0.25) is 0 Å². The van der Waals surface area contributed by atoms with Crippen molar-refractivity contribution in [2.24, 2.45) is 16.6 Å². The van der Waals surface area contributed by atoms with Crippen LogP contribution in [-0.2, 0) is 15.1 Å². The molecule has 0 radical (unpaired) electrons. The summed E-state index contributed by atoms with van der Waals surface area (Å²) >= 11 is 1.55. The van der Waals surface area contributed by atoms with E-state index in [0.717, 1.165) is 44.3 Å². The fourth-order valence-corrected chi connectivity index (χ4v) is 5.41. The highest BCUT2D eigenvalue weighted by molar-refractivity contribution is 8.13. The standard InChI is InChI=1S/C19H24FN3O2S/c20-15-7-6-13(22-17(24)16-5-3-9-25-16)10-14(15)19-8-2-1-4-12(19)11-26-18(21)23-19/h6-7,10,12,16H,1-5,8-9,11H2,(H2,21,23)(H,22,24)/t12-,16?,19-/m0/s1. The number of rotatable bonds is 3. The Kier molecular flexibility index (Phi) is 4.92. The van der Waals surface area contributed by atoms with E-state index in [2.05, 4.69) is 5.32 Å². The van der Waals surface area contributed by atoms with Crippen LogP contribution in [0.1, 0.15) is 44.1 Å². The quantitative estimate of drug-likeness (QED) is 0.846. The van der Waals surface area contributed by atoms with Crippen molar-refractivity contribution in [2.75, 3.05) is 17.7 Å². The molecule has 1 amide bonds. The number of anilines is 1. The van der Waals surface area contributed by atoms with Gasteiger partial charge in [0, 0.05) is 23.6 Å². The third-order valence-corrected chi connectivity index (χ3v) is 6.66. The van der Waals surface area contributed by atoms with E-state index in [1.54, 1.807) is 23.9 Å². The van der Waals surface area contributed by atoms with Crippen LogP contribution < -0.4 is 11.1 Å². The van der Waals surface area contributed by atoms with Crippen molar-refractivity contribution in [3.63, 3.8) is 0 Å². The van der Waals surface area contributed by atoms with E-state index in [-0.39, 0.29) is 17.6 Å². The minimum Gasteiger partial charge on any atom is -0.379 e. The number of nitrogens with two attached hydrogens (primary N) is 1. The molecule has 4 rings (SSSR count). The summed E-state index contributed by atoms with van der Waals surface area (Å²) in [7, 11) is 0. The molecular weight excluding hydrogens is 353 g/mol. The molecule has 1 saturated heterocycles. The predicted octanol–water partition coefficient (Wildman–Crippen LogP) is 3.39. The van der Waals surface area contributed by atoms with Crippen LogP contribution in [0.4, 0.5) is 10.1 Å². The highest BCUT2D eigenvalue weighted by Crippen LogP contribution is 2.50. The normalized spacial score (nSPS) is 31.2. The number of ether oxygens (including phenoxy) is 1. The molecule has 26 heavy (non-hydrogen) atoms. The maximum atomic E-state index is 14.8. The summed E-state index contributed by atoms with van der Waals surface area (Å²) in [4.78, 5) is 17.1. The maximum Gasteiger partial charge on any atom is 0.253 e. The number of hydrogen-bond donors (Lipinski definition) is 2. The van der Waals surface area contributed by atoms with Crippen molar-refractivity contribution < 1.29 is 13.9 Å². The Labute approximate surface area is 157 Å². The van der Waals surface area contributed by atoms with Crippen LogP contribution in [0.15, 0.2) is 23.2 Å². The molecule has 0 aromatic heterocycles. The maximum absolute atomic E-state index is 14.8. The lowest BCUT2D eigenvalue weighted by atomic mass is 9.69. The summed E-state index contributed by atoms with van der Waals surface area (Å²) in [5.41, 5.74) is 6.55. The summed E-state index contributed by atoms with van der Waals surface area (Å²) in [6.45, 7) is 0.614. The number of halogens is 1. The fraction of sp³-hybridized carbons (Fsp3) is 0.579. The van der Waals surface area contributed by atoms with Gasteiger partial charge in [0.05, 0.1) is 5.54 Å². The second-order valence-electron chi connectivity index (χ2n) is 7.31. The molecule has 140 valence electrons. The largest absolute Gasteiger partial charge is 0.379 e. The zero-order valence-corrected chi connectivity index (χ0v) is 15.5. The molecule has 1 unspecified atom stereocenters. The van der Waals surface area contributed by atoms with Gasteiger partial charge in [-0.05, 0) is 49.8 Å². The minimum atomic E-state index is -0.609. The third kappa shape index (κ3) is 3.22. The Bertz CT molecular complexity index is 735. The second-order valence-corrected chi connectivity index (χ2v) is 8.35. The number of thioether (sulfide) groups is 1.